The van der Waals surface area contributed by atoms with Gasteiger partial charge in [-0.2, -0.15) is 0 Å². The van der Waals surface area contributed by atoms with E-state index >= 15 is 0 Å². The molecule has 1 aromatic rings. The van der Waals surface area contributed by atoms with Crippen LogP contribution >= 0.6 is 22.6 Å². The van der Waals surface area contributed by atoms with E-state index in [9.17, 15) is 0 Å². The molecule has 3 nitrogen and oxygen atoms in total. The molecule has 1 N–H and O–H groups in total. The molecule has 2 rings (SSSR count). The zero-order chi connectivity index (χ0) is 11.8. The summed E-state index contributed by atoms with van der Waals surface area (Å²) in [6, 6.07) is 7.89. The predicted molar refractivity (Wildman–Crippen MR) is 71.3 cm³/mol. The van der Waals surface area contributed by atoms with Gasteiger partial charge in [-0.15, -0.1) is 0 Å². The Morgan fingerprint density at radius 1 is 1.44 bits per heavy atom. The highest BCUT2D eigenvalue weighted by atomic mass is 127. The van der Waals surface area contributed by atoms with Crippen LogP contribution < -0.4 is 10.1 Å². The number of hydrogen-bond donors (Lipinski definition) is 1. The van der Waals surface area contributed by atoms with Gasteiger partial charge in [0.15, 0.2) is 0 Å². The third-order valence-electron chi connectivity index (χ3n) is 2.64. The molecule has 0 amide bonds. The van der Waals surface area contributed by atoms with Gasteiger partial charge in [-0.1, -0.05) is 12.1 Å². The average molecular weight is 331 g/mol. The summed E-state index contributed by atoms with van der Waals surface area (Å²) in [6.07, 6.45) is 0. The molecule has 0 radical (unpaired) electrons. The van der Waals surface area contributed by atoms with E-state index in [4.69, 9.17) is 9.47 Å². The topological polar surface area (TPSA) is 30.5 Å². The molecule has 1 aliphatic heterocycles. The van der Waals surface area contributed by atoms with Gasteiger partial charge < -0.3 is 14.8 Å². The van der Waals surface area contributed by atoms with Gasteiger partial charge in [-0.05, 0) is 48.6 Å². The molecular formula is C12H14INO2. The fourth-order valence-corrected chi connectivity index (χ4v) is 2.35. The summed E-state index contributed by atoms with van der Waals surface area (Å²) in [5.41, 5.74) is 0.563. The molecule has 0 saturated carbocycles. The quantitative estimate of drug-likeness (QED) is 0.667. The molecule has 4 heteroatoms. The van der Waals surface area contributed by atoms with Crippen molar-refractivity contribution in [2.45, 2.75) is 19.6 Å². The lowest BCUT2D eigenvalue weighted by atomic mass is 10.1. The smallest absolute Gasteiger partial charge is 0.204 e. The van der Waals surface area contributed by atoms with Crippen LogP contribution in [0.3, 0.4) is 0 Å². The lowest BCUT2D eigenvalue weighted by Crippen LogP contribution is -2.34. The second-order valence-corrected chi connectivity index (χ2v) is 4.94. The molecule has 1 atom stereocenters. The van der Waals surface area contributed by atoms with E-state index < -0.39 is 5.72 Å². The van der Waals surface area contributed by atoms with Crippen molar-refractivity contribution in [2.75, 3.05) is 7.11 Å². The Balaban J connectivity index is 2.31. The maximum Gasteiger partial charge on any atom is 0.204 e. The standard InChI is InChI=1S/C12H14INO2/c1-8-11(13)14-12(2,16-8)9-5-4-6-10(7-9)15-3/h4-7,14H,1-3H3. The fourth-order valence-electron chi connectivity index (χ4n) is 1.72. The average Bonchev–Trinajstić information content (AvgIpc) is 2.54. The van der Waals surface area contributed by atoms with Crippen LogP contribution in [0.1, 0.15) is 19.4 Å². The zero-order valence-electron chi connectivity index (χ0n) is 9.50. The van der Waals surface area contributed by atoms with Gasteiger partial charge in [0.1, 0.15) is 15.2 Å². The van der Waals surface area contributed by atoms with E-state index in [1.165, 1.54) is 0 Å². The van der Waals surface area contributed by atoms with Crippen molar-refractivity contribution < 1.29 is 9.47 Å². The molecule has 16 heavy (non-hydrogen) atoms. The first-order valence-corrected chi connectivity index (χ1v) is 6.11. The van der Waals surface area contributed by atoms with Crippen LogP contribution in [0.5, 0.6) is 5.75 Å². The Hall–Kier alpha value is -0.910. The van der Waals surface area contributed by atoms with Crippen molar-refractivity contribution in [1.29, 1.82) is 0 Å². The van der Waals surface area contributed by atoms with Crippen LogP contribution in [0.15, 0.2) is 33.7 Å². The summed E-state index contributed by atoms with van der Waals surface area (Å²) >= 11 is 2.24. The van der Waals surface area contributed by atoms with Gasteiger partial charge >= 0.3 is 0 Å². The highest BCUT2D eigenvalue weighted by Crippen LogP contribution is 2.35. The molecule has 0 aromatic heterocycles. The summed E-state index contributed by atoms with van der Waals surface area (Å²) in [5.74, 6) is 1.76. The van der Waals surface area contributed by atoms with E-state index in [1.54, 1.807) is 7.11 Å². The van der Waals surface area contributed by atoms with Crippen molar-refractivity contribution in [1.82, 2.24) is 5.32 Å². The van der Waals surface area contributed by atoms with E-state index in [-0.39, 0.29) is 0 Å². The summed E-state index contributed by atoms with van der Waals surface area (Å²) < 4.78 is 12.1. The van der Waals surface area contributed by atoms with Gasteiger partial charge in [0, 0.05) is 5.56 Å². The Labute approximate surface area is 109 Å². The first kappa shape index (κ1) is 11.6. The maximum absolute atomic E-state index is 5.85. The van der Waals surface area contributed by atoms with Gasteiger partial charge in [-0.25, -0.2) is 0 Å². The summed E-state index contributed by atoms with van der Waals surface area (Å²) in [5, 5.41) is 3.34. The number of allylic oxidation sites excluding steroid dienone is 1. The Morgan fingerprint density at radius 2 is 2.19 bits per heavy atom. The van der Waals surface area contributed by atoms with Crippen LogP contribution in [0.25, 0.3) is 0 Å². The lowest BCUT2D eigenvalue weighted by molar-refractivity contribution is 0.0222. The number of halogens is 1. The van der Waals surface area contributed by atoms with E-state index in [1.807, 2.05) is 38.1 Å². The molecule has 0 saturated heterocycles. The first-order chi connectivity index (χ1) is 7.55. The minimum atomic E-state index is -0.491. The minimum Gasteiger partial charge on any atom is -0.497 e. The van der Waals surface area contributed by atoms with Gasteiger partial charge in [-0.3, -0.25) is 0 Å². The van der Waals surface area contributed by atoms with Gasteiger partial charge in [0.2, 0.25) is 5.72 Å². The SMILES string of the molecule is COc1cccc(C2(C)NC(I)=C(C)O2)c1. The van der Waals surface area contributed by atoms with Crippen molar-refractivity contribution in [3.63, 3.8) is 0 Å². The van der Waals surface area contributed by atoms with Crippen LogP contribution in [-0.2, 0) is 10.5 Å². The number of hydrogen-bond acceptors (Lipinski definition) is 3. The fraction of sp³-hybridized carbons (Fsp3) is 0.333. The molecule has 86 valence electrons. The van der Waals surface area contributed by atoms with Gasteiger partial charge in [0.05, 0.1) is 7.11 Å². The van der Waals surface area contributed by atoms with Gasteiger partial charge in [0.25, 0.3) is 0 Å². The van der Waals surface area contributed by atoms with E-state index in [2.05, 4.69) is 27.9 Å². The number of benzene rings is 1. The largest absolute Gasteiger partial charge is 0.497 e. The summed E-state index contributed by atoms with van der Waals surface area (Å²) in [7, 11) is 1.66. The summed E-state index contributed by atoms with van der Waals surface area (Å²) in [6.45, 7) is 3.97. The maximum atomic E-state index is 5.85. The molecular weight excluding hydrogens is 317 g/mol. The Kier molecular flexibility index (Phi) is 3.01. The molecule has 1 aromatic carbocycles. The lowest BCUT2D eigenvalue weighted by Gasteiger charge is -2.26. The van der Waals surface area contributed by atoms with Crippen molar-refractivity contribution in [3.8, 4) is 5.75 Å². The Bertz CT molecular complexity index is 428. The highest BCUT2D eigenvalue weighted by molar-refractivity contribution is 14.1. The third-order valence-corrected chi connectivity index (χ3v) is 3.66. The molecule has 0 bridgehead atoms. The van der Waals surface area contributed by atoms with Crippen molar-refractivity contribution >= 4 is 22.6 Å². The third kappa shape index (κ3) is 1.98. The first-order valence-electron chi connectivity index (χ1n) is 5.03. The number of ether oxygens (including phenoxy) is 2. The number of nitrogens with one attached hydrogen (secondary N) is 1. The van der Waals surface area contributed by atoms with Crippen LogP contribution in [-0.4, -0.2) is 7.11 Å². The monoisotopic (exact) mass is 331 g/mol. The Morgan fingerprint density at radius 3 is 2.75 bits per heavy atom. The number of methoxy groups -OCH3 is 1. The van der Waals surface area contributed by atoms with E-state index in [0.29, 0.717) is 0 Å². The molecule has 1 unspecified atom stereocenters. The normalized spacial score (nSPS) is 24.0. The molecule has 0 aliphatic carbocycles. The van der Waals surface area contributed by atoms with Crippen LogP contribution in [0, 0.1) is 0 Å². The van der Waals surface area contributed by atoms with Crippen LogP contribution in [0.4, 0.5) is 0 Å². The van der Waals surface area contributed by atoms with E-state index in [0.717, 1.165) is 20.8 Å². The minimum absolute atomic E-state index is 0.491. The molecule has 1 heterocycles. The van der Waals surface area contributed by atoms with Crippen LogP contribution in [0.2, 0.25) is 0 Å². The zero-order valence-corrected chi connectivity index (χ0v) is 11.7. The van der Waals surface area contributed by atoms with Crippen molar-refractivity contribution in [3.05, 3.63) is 39.3 Å². The second-order valence-electron chi connectivity index (χ2n) is 3.86. The molecule has 1 aliphatic rings. The predicted octanol–water partition coefficient (Wildman–Crippen LogP) is 3.11. The highest BCUT2D eigenvalue weighted by Gasteiger charge is 2.35. The second kappa shape index (κ2) is 4.16. The summed E-state index contributed by atoms with van der Waals surface area (Å²) in [4.78, 5) is 0. The number of rotatable bonds is 2. The van der Waals surface area contributed by atoms with Crippen molar-refractivity contribution in [2.24, 2.45) is 0 Å². The molecule has 0 fully saturated rings. The molecule has 0 spiro atoms.